The molecule has 6 heteroatoms. The molecule has 0 aromatic heterocycles. The highest BCUT2D eigenvalue weighted by molar-refractivity contribution is 5.48. The van der Waals surface area contributed by atoms with Crippen LogP contribution < -0.4 is 9.47 Å². The molecule has 0 aliphatic heterocycles. The zero-order valence-corrected chi connectivity index (χ0v) is 11.8. The van der Waals surface area contributed by atoms with E-state index >= 15 is 0 Å². The van der Waals surface area contributed by atoms with Crippen molar-refractivity contribution < 1.29 is 27.8 Å². The molecular formula is C14H19F3O3. The molecule has 0 amide bonds. The molecule has 0 spiro atoms. The van der Waals surface area contributed by atoms with E-state index in [4.69, 9.17) is 9.47 Å². The van der Waals surface area contributed by atoms with Crippen molar-refractivity contribution in [3.63, 3.8) is 0 Å². The molecule has 114 valence electrons. The van der Waals surface area contributed by atoms with Crippen molar-refractivity contribution in [1.29, 1.82) is 0 Å². The summed E-state index contributed by atoms with van der Waals surface area (Å²) in [6.07, 6.45) is -5.36. The fourth-order valence-electron chi connectivity index (χ4n) is 2.14. The van der Waals surface area contributed by atoms with Gasteiger partial charge in [0, 0.05) is 6.42 Å². The Morgan fingerprint density at radius 1 is 1.05 bits per heavy atom. The maximum atomic E-state index is 12.2. The van der Waals surface area contributed by atoms with Crippen molar-refractivity contribution in [2.75, 3.05) is 14.2 Å². The highest BCUT2D eigenvalue weighted by Gasteiger charge is 2.33. The van der Waals surface area contributed by atoms with Crippen LogP contribution in [0, 0.1) is 0 Å². The lowest BCUT2D eigenvalue weighted by atomic mass is 9.89. The molecule has 1 rings (SSSR count). The highest BCUT2D eigenvalue weighted by atomic mass is 19.4. The number of benzene rings is 1. The summed E-state index contributed by atoms with van der Waals surface area (Å²) in [6, 6.07) is 4.96. The van der Waals surface area contributed by atoms with Crippen LogP contribution in [-0.2, 0) is 5.60 Å². The molecule has 0 heterocycles. The molecule has 1 aromatic rings. The monoisotopic (exact) mass is 292 g/mol. The summed E-state index contributed by atoms with van der Waals surface area (Å²) < 4.78 is 46.9. The zero-order valence-electron chi connectivity index (χ0n) is 11.8. The van der Waals surface area contributed by atoms with E-state index in [2.05, 4.69) is 0 Å². The molecule has 1 unspecified atom stereocenters. The van der Waals surface area contributed by atoms with Gasteiger partial charge in [-0.25, -0.2) is 0 Å². The molecule has 1 N–H and O–H groups in total. The van der Waals surface area contributed by atoms with Gasteiger partial charge in [0.1, 0.15) is 11.5 Å². The quantitative estimate of drug-likeness (QED) is 0.870. The number of halogens is 3. The number of ether oxygens (including phenoxy) is 2. The fraction of sp³-hybridized carbons (Fsp3) is 0.571. The van der Waals surface area contributed by atoms with Gasteiger partial charge in [0.25, 0.3) is 0 Å². The van der Waals surface area contributed by atoms with E-state index in [9.17, 15) is 18.3 Å². The molecule has 0 fully saturated rings. The number of alkyl halides is 3. The lowest BCUT2D eigenvalue weighted by Gasteiger charge is -2.27. The van der Waals surface area contributed by atoms with Crippen molar-refractivity contribution >= 4 is 0 Å². The molecule has 0 aliphatic carbocycles. The van der Waals surface area contributed by atoms with Crippen molar-refractivity contribution in [2.24, 2.45) is 0 Å². The van der Waals surface area contributed by atoms with Gasteiger partial charge in [-0.05, 0) is 31.9 Å². The number of hydrogen-bond donors (Lipinski definition) is 1. The topological polar surface area (TPSA) is 38.7 Å². The fourth-order valence-corrected chi connectivity index (χ4v) is 2.14. The highest BCUT2D eigenvalue weighted by Crippen LogP contribution is 2.40. The maximum absolute atomic E-state index is 12.2. The van der Waals surface area contributed by atoms with Crippen molar-refractivity contribution in [2.45, 2.75) is 38.0 Å². The Morgan fingerprint density at radius 3 is 1.95 bits per heavy atom. The van der Waals surface area contributed by atoms with Crippen molar-refractivity contribution in [3.8, 4) is 11.5 Å². The van der Waals surface area contributed by atoms with E-state index in [1.54, 1.807) is 18.2 Å². The van der Waals surface area contributed by atoms with E-state index in [0.717, 1.165) is 0 Å². The largest absolute Gasteiger partial charge is 0.496 e. The second-order valence-corrected chi connectivity index (χ2v) is 4.78. The lowest BCUT2D eigenvalue weighted by Crippen LogP contribution is -2.24. The summed E-state index contributed by atoms with van der Waals surface area (Å²) in [5.41, 5.74) is -1.09. The third-order valence-electron chi connectivity index (χ3n) is 3.09. The number of hydrogen-bond acceptors (Lipinski definition) is 3. The predicted octanol–water partition coefficient (Wildman–Crippen LogP) is 3.64. The van der Waals surface area contributed by atoms with Crippen LogP contribution in [0.5, 0.6) is 11.5 Å². The lowest BCUT2D eigenvalue weighted by molar-refractivity contribution is -0.137. The van der Waals surface area contributed by atoms with Crippen LogP contribution in [-0.4, -0.2) is 25.5 Å². The van der Waals surface area contributed by atoms with Crippen LogP contribution in [0.3, 0.4) is 0 Å². The van der Waals surface area contributed by atoms with Crippen LogP contribution in [0.4, 0.5) is 13.2 Å². The first-order valence-electron chi connectivity index (χ1n) is 6.22. The third-order valence-corrected chi connectivity index (χ3v) is 3.09. The Kier molecular flexibility index (Phi) is 5.28. The second-order valence-electron chi connectivity index (χ2n) is 4.78. The van der Waals surface area contributed by atoms with E-state index in [1.165, 1.54) is 21.1 Å². The summed E-state index contributed by atoms with van der Waals surface area (Å²) in [4.78, 5) is 0. The van der Waals surface area contributed by atoms with Crippen LogP contribution in [0.15, 0.2) is 18.2 Å². The van der Waals surface area contributed by atoms with Gasteiger partial charge in [0.15, 0.2) is 0 Å². The summed E-state index contributed by atoms with van der Waals surface area (Å²) >= 11 is 0. The average Bonchev–Trinajstić information content (AvgIpc) is 2.35. The third kappa shape index (κ3) is 4.30. The summed E-state index contributed by atoms with van der Waals surface area (Å²) in [5.74, 6) is 0.780. The average molecular weight is 292 g/mol. The number of aliphatic hydroxyl groups is 1. The van der Waals surface area contributed by atoms with E-state index in [1.807, 2.05) is 0 Å². The van der Waals surface area contributed by atoms with Crippen molar-refractivity contribution in [3.05, 3.63) is 23.8 Å². The van der Waals surface area contributed by atoms with Gasteiger partial charge in [0.05, 0.1) is 25.4 Å². The molecule has 1 aromatic carbocycles. The second kappa shape index (κ2) is 6.35. The molecule has 0 bridgehead atoms. The first-order valence-corrected chi connectivity index (χ1v) is 6.22. The van der Waals surface area contributed by atoms with Gasteiger partial charge in [-0.1, -0.05) is 6.07 Å². The summed E-state index contributed by atoms with van der Waals surface area (Å²) in [7, 11) is 2.87. The molecule has 0 saturated carbocycles. The van der Waals surface area contributed by atoms with E-state index < -0.39 is 18.2 Å². The summed E-state index contributed by atoms with van der Waals surface area (Å²) in [6.45, 7) is 1.46. The predicted molar refractivity (Wildman–Crippen MR) is 69.0 cm³/mol. The maximum Gasteiger partial charge on any atom is 0.389 e. The van der Waals surface area contributed by atoms with Gasteiger partial charge in [-0.3, -0.25) is 0 Å². The van der Waals surface area contributed by atoms with Gasteiger partial charge in [-0.15, -0.1) is 0 Å². The first kappa shape index (κ1) is 16.6. The number of rotatable bonds is 6. The van der Waals surface area contributed by atoms with Gasteiger partial charge in [0.2, 0.25) is 0 Å². The standard InChI is InChI=1S/C14H19F3O3/c1-13(18,8-5-9-14(15,16)17)12-10(19-2)6-4-7-11(12)20-3/h4,6-7,18H,5,8-9H2,1-3H3. The van der Waals surface area contributed by atoms with Gasteiger partial charge >= 0.3 is 6.18 Å². The Labute approximate surface area is 116 Å². The Hall–Kier alpha value is -1.43. The molecule has 20 heavy (non-hydrogen) atoms. The zero-order chi connectivity index (χ0) is 15.4. The Balaban J connectivity index is 2.96. The molecule has 0 radical (unpaired) electrons. The summed E-state index contributed by atoms with van der Waals surface area (Å²) in [5, 5.41) is 10.5. The van der Waals surface area contributed by atoms with Crippen LogP contribution in [0.1, 0.15) is 31.7 Å². The molecule has 3 nitrogen and oxygen atoms in total. The molecular weight excluding hydrogens is 273 g/mol. The van der Waals surface area contributed by atoms with E-state index in [-0.39, 0.29) is 12.8 Å². The minimum atomic E-state index is -4.22. The van der Waals surface area contributed by atoms with Crippen LogP contribution in [0.2, 0.25) is 0 Å². The smallest absolute Gasteiger partial charge is 0.389 e. The van der Waals surface area contributed by atoms with Gasteiger partial charge < -0.3 is 14.6 Å². The Bertz CT molecular complexity index is 420. The van der Waals surface area contributed by atoms with Crippen molar-refractivity contribution in [1.82, 2.24) is 0 Å². The SMILES string of the molecule is COc1cccc(OC)c1C(C)(O)CCCC(F)(F)F. The number of methoxy groups -OCH3 is 2. The first-order chi connectivity index (χ1) is 9.21. The Morgan fingerprint density at radius 2 is 1.55 bits per heavy atom. The minimum Gasteiger partial charge on any atom is -0.496 e. The molecule has 0 saturated heterocycles. The molecule has 1 atom stereocenters. The minimum absolute atomic E-state index is 0.0384. The van der Waals surface area contributed by atoms with E-state index in [0.29, 0.717) is 17.1 Å². The van der Waals surface area contributed by atoms with Crippen LogP contribution >= 0.6 is 0 Å². The molecule has 0 aliphatic rings. The van der Waals surface area contributed by atoms with Crippen LogP contribution in [0.25, 0.3) is 0 Å². The normalized spacial score (nSPS) is 14.8. The van der Waals surface area contributed by atoms with Gasteiger partial charge in [-0.2, -0.15) is 13.2 Å².